The maximum atomic E-state index is 13.0. The predicted octanol–water partition coefficient (Wildman–Crippen LogP) is 8.46. The van der Waals surface area contributed by atoms with Gasteiger partial charge in [0, 0.05) is 11.3 Å². The van der Waals surface area contributed by atoms with Crippen LogP contribution in [0.25, 0.3) is 0 Å². The number of allylic oxidation sites excluding steroid dienone is 1. The molecule has 0 aromatic heterocycles. The molecule has 1 heterocycles. The van der Waals surface area contributed by atoms with Gasteiger partial charge in [-0.1, -0.05) is 96.1 Å². The van der Waals surface area contributed by atoms with E-state index in [1.165, 1.54) is 82.6 Å². The van der Waals surface area contributed by atoms with Gasteiger partial charge in [0.25, 0.3) is 0 Å². The Morgan fingerprint density at radius 3 is 2.05 bits per heavy atom. The molecule has 1 aliphatic rings. The summed E-state index contributed by atoms with van der Waals surface area (Å²) in [7, 11) is 0. The molecule has 214 valence electrons. The summed E-state index contributed by atoms with van der Waals surface area (Å²) >= 11 is 5.49. The third-order valence-corrected chi connectivity index (χ3v) is 7.34. The van der Waals surface area contributed by atoms with Gasteiger partial charge in [0.15, 0.2) is 5.11 Å². The lowest BCUT2D eigenvalue weighted by Crippen LogP contribution is -2.45. The number of carbonyl (C=O) groups is 1. The van der Waals surface area contributed by atoms with Gasteiger partial charge in [-0.3, -0.25) is 0 Å². The largest absolute Gasteiger partial charge is 0.491 e. The van der Waals surface area contributed by atoms with Crippen molar-refractivity contribution in [1.82, 2.24) is 10.6 Å². The monoisotopic (exact) mass is 544 g/mol. The molecule has 0 fully saturated rings. The smallest absolute Gasteiger partial charge is 0.338 e. The van der Waals surface area contributed by atoms with Crippen molar-refractivity contribution in [1.29, 1.82) is 0 Å². The van der Waals surface area contributed by atoms with E-state index in [-0.39, 0.29) is 12.1 Å². The number of carbonyl (C=O) groups excluding carboxylic acids is 1. The van der Waals surface area contributed by atoms with Crippen molar-refractivity contribution in [2.45, 2.75) is 137 Å². The van der Waals surface area contributed by atoms with E-state index < -0.39 is 6.04 Å². The molecule has 0 aliphatic carbocycles. The van der Waals surface area contributed by atoms with Crippen LogP contribution in [0.3, 0.4) is 0 Å². The summed E-state index contributed by atoms with van der Waals surface area (Å²) in [6.45, 7) is 10.4. The second-order valence-corrected chi connectivity index (χ2v) is 11.2. The molecule has 0 spiro atoms. The number of unbranched alkanes of at least 4 members (excludes halogenated alkanes) is 12. The van der Waals surface area contributed by atoms with Crippen molar-refractivity contribution in [3.63, 3.8) is 0 Å². The fourth-order valence-electron chi connectivity index (χ4n) is 5.21. The Bertz CT molecular complexity index is 897. The van der Waals surface area contributed by atoms with Gasteiger partial charge in [-0.25, -0.2) is 4.79 Å². The van der Waals surface area contributed by atoms with Crippen LogP contribution in [0.4, 0.5) is 0 Å². The quantitative estimate of drug-likeness (QED) is 0.103. The lowest BCUT2D eigenvalue weighted by atomic mass is 9.89. The van der Waals surface area contributed by atoms with Crippen molar-refractivity contribution in [2.75, 3.05) is 6.61 Å². The fraction of sp³-hybridized carbons (Fsp3) is 0.688. The van der Waals surface area contributed by atoms with Gasteiger partial charge in [-0.2, -0.15) is 0 Å². The number of esters is 1. The molecule has 2 N–H and O–H groups in total. The Labute approximate surface area is 237 Å². The average molecular weight is 545 g/mol. The van der Waals surface area contributed by atoms with Gasteiger partial charge in [0.05, 0.1) is 24.3 Å². The van der Waals surface area contributed by atoms with Crippen molar-refractivity contribution >= 4 is 23.3 Å². The lowest BCUT2D eigenvalue weighted by molar-refractivity contribution is -0.139. The zero-order valence-corrected chi connectivity index (χ0v) is 25.4. The minimum Gasteiger partial charge on any atom is -0.491 e. The number of ether oxygens (including phenoxy) is 2. The van der Waals surface area contributed by atoms with Crippen molar-refractivity contribution < 1.29 is 14.3 Å². The first-order valence-corrected chi connectivity index (χ1v) is 15.5. The van der Waals surface area contributed by atoms with Gasteiger partial charge >= 0.3 is 5.97 Å². The number of aryl methyl sites for hydroxylation is 1. The molecule has 0 saturated heterocycles. The highest BCUT2D eigenvalue weighted by atomic mass is 32.1. The van der Waals surface area contributed by atoms with Gasteiger partial charge in [0.1, 0.15) is 5.75 Å². The van der Waals surface area contributed by atoms with Crippen LogP contribution in [0.15, 0.2) is 29.5 Å². The first-order chi connectivity index (χ1) is 18.4. The molecule has 1 aliphatic heterocycles. The maximum Gasteiger partial charge on any atom is 0.338 e. The Morgan fingerprint density at radius 1 is 0.921 bits per heavy atom. The van der Waals surface area contributed by atoms with Crippen LogP contribution in [0.5, 0.6) is 5.75 Å². The number of nitrogens with one attached hydrogen (secondary N) is 2. The number of hydrogen-bond acceptors (Lipinski definition) is 4. The summed E-state index contributed by atoms with van der Waals surface area (Å²) < 4.78 is 11.7. The molecule has 0 radical (unpaired) electrons. The molecule has 1 aromatic carbocycles. The van der Waals surface area contributed by atoms with E-state index in [1.54, 1.807) is 0 Å². The van der Waals surface area contributed by atoms with Crippen molar-refractivity contribution in [2.24, 2.45) is 0 Å². The minimum atomic E-state index is -0.408. The molecule has 5 nitrogen and oxygen atoms in total. The van der Waals surface area contributed by atoms with E-state index in [0.717, 1.165) is 29.9 Å². The van der Waals surface area contributed by atoms with E-state index in [4.69, 9.17) is 21.7 Å². The average Bonchev–Trinajstić information content (AvgIpc) is 2.86. The number of rotatable bonds is 19. The SMILES string of the molecule is CCCCCCCCCCCCCCCc1cccc(OC(C)C)c1C1NC(=S)NC(C)=C1C(=O)OCC. The van der Waals surface area contributed by atoms with E-state index in [0.29, 0.717) is 17.3 Å². The van der Waals surface area contributed by atoms with E-state index in [1.807, 2.05) is 33.8 Å². The Balaban J connectivity index is 1.98. The van der Waals surface area contributed by atoms with Gasteiger partial charge < -0.3 is 20.1 Å². The molecule has 6 heteroatoms. The topological polar surface area (TPSA) is 59.6 Å². The first kappa shape index (κ1) is 32.1. The fourth-order valence-corrected chi connectivity index (χ4v) is 5.49. The molecular formula is C32H52N2O3S. The van der Waals surface area contributed by atoms with Crippen LogP contribution < -0.4 is 15.4 Å². The Morgan fingerprint density at radius 2 is 1.50 bits per heavy atom. The molecule has 38 heavy (non-hydrogen) atoms. The second kappa shape index (κ2) is 18.3. The van der Waals surface area contributed by atoms with E-state index in [9.17, 15) is 4.79 Å². The van der Waals surface area contributed by atoms with Gasteiger partial charge in [0.2, 0.25) is 0 Å². The van der Waals surface area contributed by atoms with Crippen molar-refractivity contribution in [3.05, 3.63) is 40.6 Å². The highest BCUT2D eigenvalue weighted by Gasteiger charge is 2.34. The Hall–Kier alpha value is -2.08. The number of benzene rings is 1. The van der Waals surface area contributed by atoms with E-state index in [2.05, 4.69) is 29.7 Å². The molecule has 0 amide bonds. The summed E-state index contributed by atoms with van der Waals surface area (Å²) in [5, 5.41) is 6.95. The molecular weight excluding hydrogens is 492 g/mol. The lowest BCUT2D eigenvalue weighted by Gasteiger charge is -2.32. The standard InChI is InChI=1S/C32H52N2O3S/c1-6-8-9-10-11-12-13-14-15-16-17-18-19-21-26-22-20-23-27(37-24(3)4)29(26)30-28(31(35)36-7-2)25(5)33-32(38)34-30/h20,22-24,30H,6-19,21H2,1-5H3,(H2,33,34,38). The van der Waals surface area contributed by atoms with Crippen molar-refractivity contribution in [3.8, 4) is 5.75 Å². The zero-order valence-electron chi connectivity index (χ0n) is 24.6. The molecule has 0 bridgehead atoms. The van der Waals surface area contributed by atoms with Crippen LogP contribution in [-0.4, -0.2) is 23.8 Å². The summed E-state index contributed by atoms with van der Waals surface area (Å²) in [5.74, 6) is 0.466. The molecule has 1 atom stereocenters. The third kappa shape index (κ3) is 11.0. The van der Waals surface area contributed by atoms with Crippen LogP contribution in [0, 0.1) is 0 Å². The molecule has 2 rings (SSSR count). The summed E-state index contributed by atoms with van der Waals surface area (Å²) in [5.41, 5.74) is 3.48. The number of thiocarbonyl (C=S) groups is 1. The predicted molar refractivity (Wildman–Crippen MR) is 163 cm³/mol. The highest BCUT2D eigenvalue weighted by molar-refractivity contribution is 7.80. The normalized spacial score (nSPS) is 15.4. The van der Waals surface area contributed by atoms with Gasteiger partial charge in [-0.15, -0.1) is 0 Å². The molecule has 1 aromatic rings. The Kier molecular flexibility index (Phi) is 15.4. The first-order valence-electron chi connectivity index (χ1n) is 15.1. The maximum absolute atomic E-state index is 13.0. The van der Waals surface area contributed by atoms with Crippen LogP contribution in [0.1, 0.15) is 135 Å². The summed E-state index contributed by atoms with van der Waals surface area (Å²) in [6, 6.07) is 5.80. The third-order valence-electron chi connectivity index (χ3n) is 7.12. The molecule has 0 saturated carbocycles. The molecule has 1 unspecified atom stereocenters. The highest BCUT2D eigenvalue weighted by Crippen LogP contribution is 2.37. The second-order valence-electron chi connectivity index (χ2n) is 10.8. The van der Waals surface area contributed by atoms with Crippen LogP contribution in [-0.2, 0) is 16.0 Å². The summed E-state index contributed by atoms with van der Waals surface area (Å²) in [6.07, 6.45) is 18.3. The minimum absolute atomic E-state index is 0.0186. The van der Waals surface area contributed by atoms with Crippen LogP contribution in [0.2, 0.25) is 0 Å². The summed E-state index contributed by atoms with van der Waals surface area (Å²) in [4.78, 5) is 13.0. The zero-order chi connectivity index (χ0) is 27.8. The number of hydrogen-bond donors (Lipinski definition) is 2. The van der Waals surface area contributed by atoms with Gasteiger partial charge in [-0.05, 0) is 64.4 Å². The van der Waals surface area contributed by atoms with Crippen LogP contribution >= 0.6 is 12.2 Å². The van der Waals surface area contributed by atoms with E-state index >= 15 is 0 Å².